The van der Waals surface area contributed by atoms with Gasteiger partial charge in [0.25, 0.3) is 5.91 Å². The molecule has 8 nitrogen and oxygen atoms in total. The third-order valence-corrected chi connectivity index (χ3v) is 3.79. The molecule has 0 radical (unpaired) electrons. The van der Waals surface area contributed by atoms with Crippen LogP contribution in [0.2, 0.25) is 0 Å². The van der Waals surface area contributed by atoms with Crippen LogP contribution in [0.15, 0.2) is 30.6 Å². The highest BCUT2D eigenvalue weighted by molar-refractivity contribution is 5.95. The van der Waals surface area contributed by atoms with Crippen LogP contribution in [0.4, 0.5) is 0 Å². The molecule has 0 bridgehead atoms. The molecule has 2 aromatic rings. The van der Waals surface area contributed by atoms with E-state index in [1.807, 2.05) is 0 Å². The minimum atomic E-state index is -1.17. The summed E-state index contributed by atoms with van der Waals surface area (Å²) in [7, 11) is 6.02. The normalized spacial score (nSPS) is 10.2. The summed E-state index contributed by atoms with van der Waals surface area (Å²) in [6.07, 6.45) is 3.47. The van der Waals surface area contributed by atoms with Gasteiger partial charge in [0.2, 0.25) is 5.75 Å². The molecule has 0 spiro atoms. The first-order valence-electron chi connectivity index (χ1n) is 7.71. The molecule has 8 heteroatoms. The number of pyridine rings is 1. The van der Waals surface area contributed by atoms with E-state index in [0.29, 0.717) is 5.56 Å². The lowest BCUT2D eigenvalue weighted by Crippen LogP contribution is -2.31. The van der Waals surface area contributed by atoms with Crippen molar-refractivity contribution in [1.29, 1.82) is 0 Å². The summed E-state index contributed by atoms with van der Waals surface area (Å²) >= 11 is 0. The highest BCUT2D eigenvalue weighted by Crippen LogP contribution is 2.42. The van der Waals surface area contributed by atoms with Crippen molar-refractivity contribution in [3.05, 3.63) is 47.3 Å². The second-order valence-electron chi connectivity index (χ2n) is 5.42. The average molecular weight is 361 g/mol. The lowest BCUT2D eigenvalue weighted by atomic mass is 10.0. The van der Waals surface area contributed by atoms with E-state index in [9.17, 15) is 14.7 Å². The smallest absolute Gasteiger partial charge is 0.336 e. The van der Waals surface area contributed by atoms with E-state index in [2.05, 4.69) is 5.32 Å². The van der Waals surface area contributed by atoms with E-state index in [1.54, 1.807) is 36.1 Å². The summed E-state index contributed by atoms with van der Waals surface area (Å²) in [5, 5.41) is 12.2. The second-order valence-corrected chi connectivity index (χ2v) is 5.42. The molecule has 26 heavy (non-hydrogen) atoms. The molecule has 0 unspecified atom stereocenters. The molecule has 0 fully saturated rings. The Morgan fingerprint density at radius 1 is 1.15 bits per heavy atom. The topological polar surface area (TPSA) is 98.0 Å². The number of aryl methyl sites for hydroxylation is 1. The van der Waals surface area contributed by atoms with Crippen LogP contribution in [-0.2, 0) is 13.6 Å². The molecule has 0 aliphatic rings. The van der Waals surface area contributed by atoms with Gasteiger partial charge in [-0.1, -0.05) is 0 Å². The number of methoxy groups -OCH3 is 3. The first-order chi connectivity index (χ1) is 12.4. The average Bonchev–Trinajstić information content (AvgIpc) is 2.64. The van der Waals surface area contributed by atoms with E-state index >= 15 is 0 Å². The van der Waals surface area contributed by atoms with E-state index < -0.39 is 5.97 Å². The Kier molecular flexibility index (Phi) is 6.00. The van der Waals surface area contributed by atoms with Crippen molar-refractivity contribution in [2.45, 2.75) is 6.54 Å². The summed E-state index contributed by atoms with van der Waals surface area (Å²) in [5.74, 6) is -0.820. The number of carboxylic acid groups (broad SMARTS) is 1. The number of carbonyl (C=O) groups excluding carboxylic acids is 1. The van der Waals surface area contributed by atoms with E-state index in [-0.39, 0.29) is 40.8 Å². The molecule has 1 aromatic heterocycles. The number of ether oxygens (including phenoxy) is 3. The van der Waals surface area contributed by atoms with Crippen molar-refractivity contribution in [2.75, 3.05) is 21.3 Å². The third-order valence-electron chi connectivity index (χ3n) is 3.79. The van der Waals surface area contributed by atoms with Crippen molar-refractivity contribution >= 4 is 11.9 Å². The number of amides is 1. The number of rotatable bonds is 7. The maximum Gasteiger partial charge on any atom is 0.336 e. The standard InChI is InChI=1S/C18H20N2O6/c1-20-7-5-6-11(10-20)17(21)19-9-13-12(18(22)23)8-14(24-2)16(26-4)15(13)25-3/h5-8,10H,9H2,1-4H3,(H-,19,21,22,23)/p+1. The van der Waals surface area contributed by atoms with Gasteiger partial charge in [0.15, 0.2) is 23.9 Å². The largest absolute Gasteiger partial charge is 0.493 e. The van der Waals surface area contributed by atoms with Crippen LogP contribution in [0, 0.1) is 0 Å². The maximum absolute atomic E-state index is 12.4. The van der Waals surface area contributed by atoms with Crippen LogP contribution in [0.25, 0.3) is 0 Å². The molecule has 1 aromatic carbocycles. The monoisotopic (exact) mass is 361 g/mol. The van der Waals surface area contributed by atoms with Crippen molar-refractivity contribution in [3.8, 4) is 17.2 Å². The minimum absolute atomic E-state index is 0.0431. The Morgan fingerprint density at radius 3 is 2.38 bits per heavy atom. The summed E-state index contributed by atoms with van der Waals surface area (Å²) in [6, 6.07) is 4.75. The summed E-state index contributed by atoms with van der Waals surface area (Å²) in [6.45, 7) is -0.0530. The van der Waals surface area contributed by atoms with Gasteiger partial charge < -0.3 is 24.6 Å². The van der Waals surface area contributed by atoms with Gasteiger partial charge in [-0.25, -0.2) is 9.36 Å². The molecule has 2 N–H and O–H groups in total. The Labute approximate surface area is 150 Å². The SMILES string of the molecule is COc1cc(C(=O)O)c(CNC(=O)c2ccc[n+](C)c2)c(OC)c1OC. The van der Waals surface area contributed by atoms with Gasteiger partial charge >= 0.3 is 5.97 Å². The Hall–Kier alpha value is -3.29. The fourth-order valence-electron chi connectivity index (χ4n) is 2.58. The maximum atomic E-state index is 12.4. The quantitative estimate of drug-likeness (QED) is 0.719. The fraction of sp³-hybridized carbons (Fsp3) is 0.278. The number of carboxylic acids is 1. The first kappa shape index (κ1) is 19.0. The Balaban J connectivity index is 2.41. The fourth-order valence-corrected chi connectivity index (χ4v) is 2.58. The lowest BCUT2D eigenvalue weighted by Gasteiger charge is -2.18. The summed E-state index contributed by atoms with van der Waals surface area (Å²) < 4.78 is 17.5. The summed E-state index contributed by atoms with van der Waals surface area (Å²) in [5.41, 5.74) is 0.691. The molecular weight excluding hydrogens is 340 g/mol. The lowest BCUT2D eigenvalue weighted by molar-refractivity contribution is -0.671. The van der Waals surface area contributed by atoms with Crippen molar-refractivity contribution in [3.63, 3.8) is 0 Å². The zero-order valence-corrected chi connectivity index (χ0v) is 15.0. The van der Waals surface area contributed by atoms with Crippen LogP contribution in [-0.4, -0.2) is 38.3 Å². The van der Waals surface area contributed by atoms with Gasteiger partial charge in [-0.05, 0) is 12.1 Å². The zero-order chi connectivity index (χ0) is 19.3. The van der Waals surface area contributed by atoms with Crippen LogP contribution in [0.5, 0.6) is 17.2 Å². The van der Waals surface area contributed by atoms with Gasteiger partial charge in [0.1, 0.15) is 12.6 Å². The highest BCUT2D eigenvalue weighted by Gasteiger charge is 2.24. The predicted octanol–water partition coefficient (Wildman–Crippen LogP) is 1.17. The van der Waals surface area contributed by atoms with Crippen LogP contribution >= 0.6 is 0 Å². The van der Waals surface area contributed by atoms with Crippen LogP contribution < -0.4 is 24.1 Å². The van der Waals surface area contributed by atoms with E-state index in [1.165, 1.54) is 27.4 Å². The number of hydrogen-bond donors (Lipinski definition) is 2. The molecular formula is C18H21N2O6+. The Morgan fingerprint density at radius 2 is 1.85 bits per heavy atom. The van der Waals surface area contributed by atoms with Gasteiger partial charge in [0, 0.05) is 18.2 Å². The summed E-state index contributed by atoms with van der Waals surface area (Å²) in [4.78, 5) is 24.0. The molecule has 0 aliphatic heterocycles. The van der Waals surface area contributed by atoms with Gasteiger partial charge in [-0.15, -0.1) is 0 Å². The van der Waals surface area contributed by atoms with Crippen LogP contribution in [0.1, 0.15) is 26.3 Å². The third kappa shape index (κ3) is 3.85. The van der Waals surface area contributed by atoms with Crippen molar-refractivity contribution in [1.82, 2.24) is 5.32 Å². The van der Waals surface area contributed by atoms with E-state index in [0.717, 1.165) is 0 Å². The molecule has 1 heterocycles. The Bertz CT molecular complexity index is 835. The minimum Gasteiger partial charge on any atom is -0.493 e. The molecule has 0 saturated carbocycles. The number of aromatic carboxylic acids is 1. The molecule has 138 valence electrons. The van der Waals surface area contributed by atoms with Gasteiger partial charge in [-0.2, -0.15) is 0 Å². The van der Waals surface area contributed by atoms with E-state index in [4.69, 9.17) is 14.2 Å². The predicted molar refractivity (Wildman–Crippen MR) is 91.8 cm³/mol. The number of carbonyl (C=O) groups is 2. The highest BCUT2D eigenvalue weighted by atomic mass is 16.5. The molecule has 2 rings (SSSR count). The number of aromatic nitrogens is 1. The van der Waals surface area contributed by atoms with Crippen LogP contribution in [0.3, 0.4) is 0 Å². The number of benzene rings is 1. The number of nitrogens with one attached hydrogen (secondary N) is 1. The van der Waals surface area contributed by atoms with Crippen molar-refractivity contribution < 1.29 is 33.5 Å². The number of nitrogens with zero attached hydrogens (tertiary/aromatic N) is 1. The van der Waals surface area contributed by atoms with Gasteiger partial charge in [-0.3, -0.25) is 4.79 Å². The molecule has 0 atom stereocenters. The number of hydrogen-bond acceptors (Lipinski definition) is 5. The first-order valence-corrected chi connectivity index (χ1v) is 7.71. The van der Waals surface area contributed by atoms with Gasteiger partial charge in [0.05, 0.1) is 26.9 Å². The molecule has 0 saturated heterocycles. The zero-order valence-electron chi connectivity index (χ0n) is 15.0. The molecule has 0 aliphatic carbocycles. The van der Waals surface area contributed by atoms with Crippen molar-refractivity contribution in [2.24, 2.45) is 7.05 Å². The molecule has 1 amide bonds. The second kappa shape index (κ2) is 8.19.